The fourth-order valence-corrected chi connectivity index (χ4v) is 3.73. The Bertz CT molecular complexity index is 321. The van der Waals surface area contributed by atoms with Crippen LogP contribution in [0.15, 0.2) is 0 Å². The number of hydrogen-bond donors (Lipinski definition) is 1. The van der Waals surface area contributed by atoms with Crippen LogP contribution >= 0.6 is 31.5 Å². The van der Waals surface area contributed by atoms with Crippen molar-refractivity contribution in [1.29, 1.82) is 0 Å². The second kappa shape index (κ2) is 4.98. The molecule has 1 saturated heterocycles. The van der Waals surface area contributed by atoms with E-state index in [-0.39, 0.29) is 0 Å². The number of rotatable bonds is 3. The zero-order valence-electron chi connectivity index (χ0n) is 8.33. The molecule has 0 spiro atoms. The molecule has 0 saturated carbocycles. The van der Waals surface area contributed by atoms with Gasteiger partial charge in [-0.1, -0.05) is 23.2 Å². The Hall–Kier alpha value is 0.140. The fraction of sp³-hybridized carbons (Fsp3) is 0.625. The van der Waals surface area contributed by atoms with Gasteiger partial charge in [0.15, 0.2) is 19.0 Å². The van der Waals surface area contributed by atoms with Gasteiger partial charge >= 0.3 is 0 Å². The van der Waals surface area contributed by atoms with E-state index in [0.717, 1.165) is 18.7 Å². The third kappa shape index (κ3) is 2.45. The third-order valence-corrected chi connectivity index (χ3v) is 4.78. The summed E-state index contributed by atoms with van der Waals surface area (Å²) in [6.45, 7) is 2.10. The molecule has 0 aromatic carbocycles. The number of aromatic amines is 1. The molecule has 1 N–H and O–H groups in total. The predicted octanol–water partition coefficient (Wildman–Crippen LogP) is 2.40. The van der Waals surface area contributed by atoms with Crippen molar-refractivity contribution in [2.75, 3.05) is 20.2 Å². The largest absolute Gasteiger partial charge is 0.341 e. The summed E-state index contributed by atoms with van der Waals surface area (Å²) in [4.78, 5) is 7.12. The lowest BCUT2D eigenvalue weighted by Crippen LogP contribution is -2.22. The van der Waals surface area contributed by atoms with Crippen LogP contribution in [0, 0.1) is 0 Å². The SMILES string of the molecule is COP(c1nc(Cl)c(Cl)[nH]1)N1CCCC1. The van der Waals surface area contributed by atoms with Crippen LogP contribution < -0.4 is 5.57 Å². The molecule has 2 rings (SSSR count). The average Bonchev–Trinajstić information content (AvgIpc) is 2.80. The van der Waals surface area contributed by atoms with Crippen LogP contribution in [-0.2, 0) is 4.52 Å². The van der Waals surface area contributed by atoms with Crippen molar-refractivity contribution in [1.82, 2.24) is 14.6 Å². The highest BCUT2D eigenvalue weighted by atomic mass is 35.5. The van der Waals surface area contributed by atoms with Crippen molar-refractivity contribution in [3.63, 3.8) is 0 Å². The predicted molar refractivity (Wildman–Crippen MR) is 63.0 cm³/mol. The summed E-state index contributed by atoms with van der Waals surface area (Å²) in [6.07, 6.45) is 2.43. The lowest BCUT2D eigenvalue weighted by molar-refractivity contribution is 0.405. The molecule has 1 unspecified atom stereocenters. The molecule has 0 radical (unpaired) electrons. The van der Waals surface area contributed by atoms with Crippen LogP contribution in [0.2, 0.25) is 10.3 Å². The second-order valence-corrected chi connectivity index (χ2v) is 5.92. The van der Waals surface area contributed by atoms with E-state index in [4.69, 9.17) is 27.7 Å². The van der Waals surface area contributed by atoms with Gasteiger partial charge in [-0.3, -0.25) is 4.67 Å². The van der Waals surface area contributed by atoms with Gasteiger partial charge < -0.3 is 9.51 Å². The van der Waals surface area contributed by atoms with E-state index < -0.39 is 8.30 Å². The highest BCUT2D eigenvalue weighted by molar-refractivity contribution is 7.57. The summed E-state index contributed by atoms with van der Waals surface area (Å²) >= 11 is 11.6. The van der Waals surface area contributed by atoms with E-state index in [0.29, 0.717) is 10.3 Å². The van der Waals surface area contributed by atoms with Gasteiger partial charge in [-0.05, 0) is 12.8 Å². The first-order valence-corrected chi connectivity index (χ1v) is 6.69. The molecule has 0 amide bonds. The molecule has 15 heavy (non-hydrogen) atoms. The standard InChI is InChI=1S/C8H12Cl2N3OP/c1-14-15(13-4-2-3-5-13)8-11-6(9)7(10)12-8/h2-5H2,1H3,(H,11,12). The number of nitrogens with one attached hydrogen (secondary N) is 1. The van der Waals surface area contributed by atoms with Gasteiger partial charge in [0.05, 0.1) is 0 Å². The number of halogens is 2. The Morgan fingerprint density at radius 2 is 2.07 bits per heavy atom. The first kappa shape index (κ1) is 11.6. The molecule has 0 aliphatic carbocycles. The first-order chi connectivity index (χ1) is 7.22. The van der Waals surface area contributed by atoms with Crippen LogP contribution in [0.5, 0.6) is 0 Å². The summed E-state index contributed by atoms with van der Waals surface area (Å²) in [5, 5.41) is 0.700. The summed E-state index contributed by atoms with van der Waals surface area (Å²) in [5.74, 6) is 0. The maximum atomic E-state index is 5.82. The van der Waals surface area contributed by atoms with Gasteiger partial charge in [-0.2, -0.15) is 0 Å². The van der Waals surface area contributed by atoms with Gasteiger partial charge in [0.2, 0.25) is 0 Å². The van der Waals surface area contributed by atoms with Gasteiger partial charge in [0, 0.05) is 20.2 Å². The molecule has 7 heteroatoms. The Kier molecular flexibility index (Phi) is 3.86. The lowest BCUT2D eigenvalue weighted by atomic mass is 10.4. The highest BCUT2D eigenvalue weighted by Crippen LogP contribution is 2.41. The van der Waals surface area contributed by atoms with Crippen LogP contribution in [0.3, 0.4) is 0 Å². The van der Waals surface area contributed by atoms with E-state index >= 15 is 0 Å². The molecular formula is C8H12Cl2N3OP. The summed E-state index contributed by atoms with van der Waals surface area (Å²) in [6, 6.07) is 0. The molecule has 4 nitrogen and oxygen atoms in total. The Morgan fingerprint density at radius 1 is 1.40 bits per heavy atom. The number of nitrogens with zero attached hydrogens (tertiary/aromatic N) is 2. The van der Waals surface area contributed by atoms with Crippen LogP contribution in [0.1, 0.15) is 12.8 Å². The smallest absolute Gasteiger partial charge is 0.176 e. The maximum absolute atomic E-state index is 5.82. The van der Waals surface area contributed by atoms with Gasteiger partial charge in [-0.15, -0.1) is 0 Å². The molecular weight excluding hydrogens is 256 g/mol. The Morgan fingerprint density at radius 3 is 2.53 bits per heavy atom. The number of imidazole rings is 1. The zero-order valence-corrected chi connectivity index (χ0v) is 10.7. The number of H-pyrrole nitrogens is 1. The minimum Gasteiger partial charge on any atom is -0.341 e. The molecule has 84 valence electrons. The van der Waals surface area contributed by atoms with E-state index in [9.17, 15) is 0 Å². The third-order valence-electron chi connectivity index (χ3n) is 2.30. The van der Waals surface area contributed by atoms with Gasteiger partial charge in [-0.25, -0.2) is 4.98 Å². The molecule has 1 aromatic heterocycles. The van der Waals surface area contributed by atoms with Crippen LogP contribution in [0.25, 0.3) is 0 Å². The van der Waals surface area contributed by atoms with E-state index in [1.807, 2.05) is 0 Å². The van der Waals surface area contributed by atoms with Crippen molar-refractivity contribution < 1.29 is 4.52 Å². The van der Waals surface area contributed by atoms with Crippen molar-refractivity contribution in [3.8, 4) is 0 Å². The Balaban J connectivity index is 2.18. The normalized spacial score (nSPS) is 19.7. The topological polar surface area (TPSA) is 41.1 Å². The van der Waals surface area contributed by atoms with Gasteiger partial charge in [0.25, 0.3) is 0 Å². The van der Waals surface area contributed by atoms with Crippen molar-refractivity contribution in [2.24, 2.45) is 0 Å². The summed E-state index contributed by atoms with van der Waals surface area (Å²) in [5.41, 5.74) is 0.740. The van der Waals surface area contributed by atoms with Crippen molar-refractivity contribution >= 4 is 37.1 Å². The minimum atomic E-state index is -0.852. The fourth-order valence-electron chi connectivity index (χ4n) is 1.63. The second-order valence-electron chi connectivity index (χ2n) is 3.28. The molecule has 1 aliphatic rings. The quantitative estimate of drug-likeness (QED) is 0.856. The minimum absolute atomic E-state index is 0.315. The number of aromatic nitrogens is 2. The molecule has 1 aliphatic heterocycles. The summed E-state index contributed by atoms with van der Waals surface area (Å²) < 4.78 is 7.75. The molecule has 0 bridgehead atoms. The molecule has 1 aromatic rings. The number of hydrogen-bond acceptors (Lipinski definition) is 3. The molecule has 1 fully saturated rings. The van der Waals surface area contributed by atoms with Crippen molar-refractivity contribution in [2.45, 2.75) is 12.8 Å². The Labute approximate surface area is 99.8 Å². The lowest BCUT2D eigenvalue weighted by Gasteiger charge is -2.22. The maximum Gasteiger partial charge on any atom is 0.176 e. The zero-order chi connectivity index (χ0) is 10.8. The molecule has 2 heterocycles. The average molecular weight is 268 g/mol. The molecule has 1 atom stereocenters. The van der Waals surface area contributed by atoms with Gasteiger partial charge in [0.1, 0.15) is 5.15 Å². The summed E-state index contributed by atoms with van der Waals surface area (Å²) in [7, 11) is 0.837. The highest BCUT2D eigenvalue weighted by Gasteiger charge is 2.27. The van der Waals surface area contributed by atoms with E-state index in [1.54, 1.807) is 7.11 Å². The first-order valence-electron chi connectivity index (χ1n) is 4.72. The monoisotopic (exact) mass is 267 g/mol. The van der Waals surface area contributed by atoms with Crippen LogP contribution in [0.4, 0.5) is 0 Å². The van der Waals surface area contributed by atoms with Crippen molar-refractivity contribution in [3.05, 3.63) is 10.3 Å². The van der Waals surface area contributed by atoms with E-state index in [2.05, 4.69) is 14.6 Å². The van der Waals surface area contributed by atoms with Crippen LogP contribution in [-0.4, -0.2) is 34.8 Å². The van der Waals surface area contributed by atoms with E-state index in [1.165, 1.54) is 12.8 Å².